The number of hydrogen-bond acceptors (Lipinski definition) is 7. The highest BCUT2D eigenvalue weighted by Gasteiger charge is 2.48. The SMILES string of the molecule is N#CC(N=Nc1ccc(C(F)(F)F)cc1)=NNc1ccc(OS(=O)(=O)C(F)(F)F)cc1. The van der Waals surface area contributed by atoms with Crippen LogP contribution in [-0.2, 0) is 16.3 Å². The van der Waals surface area contributed by atoms with Gasteiger partial charge in [0.2, 0.25) is 0 Å². The fourth-order valence-corrected chi connectivity index (χ4v) is 2.23. The van der Waals surface area contributed by atoms with Crippen molar-refractivity contribution in [2.24, 2.45) is 15.3 Å². The predicted octanol–water partition coefficient (Wildman–Crippen LogP) is 4.97. The second kappa shape index (κ2) is 9.00. The highest BCUT2D eigenvalue weighted by molar-refractivity contribution is 7.88. The molecule has 0 atom stereocenters. The molecule has 0 aliphatic heterocycles. The molecule has 0 aromatic heterocycles. The number of rotatable bonds is 5. The van der Waals surface area contributed by atoms with Gasteiger partial charge in [-0.25, -0.2) is 0 Å². The number of hydrazone groups is 1. The second-order valence-corrected chi connectivity index (χ2v) is 6.95. The van der Waals surface area contributed by atoms with Crippen LogP contribution in [0.25, 0.3) is 0 Å². The van der Waals surface area contributed by atoms with Crippen molar-refractivity contribution in [1.29, 1.82) is 5.26 Å². The van der Waals surface area contributed by atoms with Crippen molar-refractivity contribution in [2.45, 2.75) is 11.7 Å². The van der Waals surface area contributed by atoms with Crippen LogP contribution in [0, 0.1) is 11.3 Å². The molecular weight excluding hydrogens is 456 g/mol. The molecule has 1 N–H and O–H groups in total. The molecule has 0 heterocycles. The third-order valence-corrected chi connectivity index (χ3v) is 4.17. The summed E-state index contributed by atoms with van der Waals surface area (Å²) in [5, 5.41) is 19.5. The molecule has 0 radical (unpaired) electrons. The lowest BCUT2D eigenvalue weighted by Gasteiger charge is -2.09. The number of halogens is 6. The summed E-state index contributed by atoms with van der Waals surface area (Å²) >= 11 is 0. The number of nitriles is 1. The molecular formula is C16H9F6N5O3S. The highest BCUT2D eigenvalue weighted by atomic mass is 32.2. The average Bonchev–Trinajstić information content (AvgIpc) is 2.68. The Bertz CT molecular complexity index is 1120. The Morgan fingerprint density at radius 3 is 2.03 bits per heavy atom. The number of anilines is 1. The summed E-state index contributed by atoms with van der Waals surface area (Å²) in [5.41, 5.74) is -4.03. The summed E-state index contributed by atoms with van der Waals surface area (Å²) < 4.78 is 100. The van der Waals surface area contributed by atoms with Crippen LogP contribution in [0.4, 0.5) is 37.7 Å². The van der Waals surface area contributed by atoms with Gasteiger partial charge in [-0.05, 0) is 48.5 Å². The molecule has 0 amide bonds. The van der Waals surface area contributed by atoms with E-state index in [0.717, 1.165) is 48.5 Å². The van der Waals surface area contributed by atoms with Crippen molar-refractivity contribution in [3.63, 3.8) is 0 Å². The molecule has 0 saturated carbocycles. The third-order valence-electron chi connectivity index (χ3n) is 3.19. The lowest BCUT2D eigenvalue weighted by atomic mass is 10.2. The topological polar surface area (TPSA) is 116 Å². The van der Waals surface area contributed by atoms with Crippen LogP contribution in [0.2, 0.25) is 0 Å². The summed E-state index contributed by atoms with van der Waals surface area (Å²) in [6, 6.07) is 9.18. The predicted molar refractivity (Wildman–Crippen MR) is 94.7 cm³/mol. The van der Waals surface area contributed by atoms with Gasteiger partial charge in [-0.15, -0.1) is 15.3 Å². The van der Waals surface area contributed by atoms with Crippen molar-refractivity contribution in [2.75, 3.05) is 5.43 Å². The van der Waals surface area contributed by atoms with Crippen molar-refractivity contribution in [3.8, 4) is 11.8 Å². The van der Waals surface area contributed by atoms with Crippen molar-refractivity contribution in [3.05, 3.63) is 54.1 Å². The molecule has 0 spiro atoms. The van der Waals surface area contributed by atoms with Crippen molar-refractivity contribution < 1.29 is 38.9 Å². The molecule has 2 aromatic rings. The average molecular weight is 465 g/mol. The van der Waals surface area contributed by atoms with Crippen LogP contribution in [0.15, 0.2) is 63.9 Å². The Morgan fingerprint density at radius 2 is 1.55 bits per heavy atom. The molecule has 0 fully saturated rings. The van der Waals surface area contributed by atoms with Crippen LogP contribution in [0.1, 0.15) is 5.56 Å². The van der Waals surface area contributed by atoms with Gasteiger partial charge in [0.25, 0.3) is 5.84 Å². The summed E-state index contributed by atoms with van der Waals surface area (Å²) in [7, 11) is -5.82. The van der Waals surface area contributed by atoms with Gasteiger partial charge < -0.3 is 4.18 Å². The lowest BCUT2D eigenvalue weighted by molar-refractivity contribution is -0.137. The highest BCUT2D eigenvalue weighted by Crippen LogP contribution is 2.30. The molecule has 0 aliphatic carbocycles. The third kappa shape index (κ3) is 6.67. The molecule has 31 heavy (non-hydrogen) atoms. The largest absolute Gasteiger partial charge is 0.534 e. The fraction of sp³-hybridized carbons (Fsp3) is 0.125. The first-order valence-electron chi connectivity index (χ1n) is 7.75. The van der Waals surface area contributed by atoms with Gasteiger partial charge in [-0.1, -0.05) is 0 Å². The standard InChI is InChI=1S/C16H9F6N5O3S/c17-15(18,19)10-1-3-11(4-2-10)24-26-14(9-23)27-25-12-5-7-13(8-6-12)30-31(28,29)16(20,21)22/h1-8,25H. The summed E-state index contributed by atoms with van der Waals surface area (Å²) in [4.78, 5) is 0. The van der Waals surface area contributed by atoms with Gasteiger partial charge in [0.05, 0.1) is 16.9 Å². The van der Waals surface area contributed by atoms with Gasteiger partial charge in [0.1, 0.15) is 11.8 Å². The van der Waals surface area contributed by atoms with Crippen LogP contribution < -0.4 is 9.61 Å². The van der Waals surface area contributed by atoms with Gasteiger partial charge in [-0.2, -0.15) is 40.0 Å². The second-order valence-electron chi connectivity index (χ2n) is 5.41. The molecule has 0 aliphatic rings. The maximum absolute atomic E-state index is 12.5. The number of nitrogens with zero attached hydrogens (tertiary/aromatic N) is 4. The van der Waals surface area contributed by atoms with Gasteiger partial charge >= 0.3 is 21.8 Å². The Balaban J connectivity index is 2.04. The van der Waals surface area contributed by atoms with E-state index in [1.165, 1.54) is 0 Å². The number of nitrogens with one attached hydrogen (secondary N) is 1. The molecule has 164 valence electrons. The van der Waals surface area contributed by atoms with Gasteiger partial charge in [0, 0.05) is 0 Å². The molecule has 0 bridgehead atoms. The first-order valence-corrected chi connectivity index (χ1v) is 9.16. The minimum atomic E-state index is -5.82. The minimum absolute atomic E-state index is 0.0170. The maximum atomic E-state index is 12.5. The van der Waals surface area contributed by atoms with E-state index < -0.39 is 39.0 Å². The number of azo groups is 1. The number of hydrogen-bond donors (Lipinski definition) is 1. The van der Waals surface area contributed by atoms with Crippen molar-refractivity contribution in [1.82, 2.24) is 0 Å². The summed E-state index contributed by atoms with van der Waals surface area (Å²) in [5.74, 6) is -1.14. The van der Waals surface area contributed by atoms with E-state index >= 15 is 0 Å². The van der Waals surface area contributed by atoms with Gasteiger partial charge in [-0.3, -0.25) is 5.43 Å². The Labute approximate surface area is 170 Å². The zero-order valence-corrected chi connectivity index (χ0v) is 15.6. The Hall–Kier alpha value is -3.67. The van der Waals surface area contributed by atoms with E-state index in [0.29, 0.717) is 0 Å². The van der Waals surface area contributed by atoms with Crippen LogP contribution in [0.3, 0.4) is 0 Å². The number of alkyl halides is 6. The summed E-state index contributed by atoms with van der Waals surface area (Å²) in [6.07, 6.45) is -4.52. The Morgan fingerprint density at radius 1 is 0.968 bits per heavy atom. The number of amidine groups is 1. The first kappa shape index (κ1) is 23.6. The van der Waals surface area contributed by atoms with E-state index in [2.05, 4.69) is 24.9 Å². The van der Waals surface area contributed by atoms with Crippen molar-refractivity contribution >= 4 is 27.3 Å². The van der Waals surface area contributed by atoms with Gasteiger partial charge in [0.15, 0.2) is 0 Å². The Kier molecular flexibility index (Phi) is 6.85. The smallest absolute Gasteiger partial charge is 0.376 e. The normalized spacial score (nSPS) is 13.1. The quantitative estimate of drug-likeness (QED) is 0.127. The maximum Gasteiger partial charge on any atom is 0.534 e. The molecule has 15 heteroatoms. The van der Waals surface area contributed by atoms with E-state index in [-0.39, 0.29) is 11.4 Å². The summed E-state index contributed by atoms with van der Waals surface area (Å²) in [6.45, 7) is 0. The molecule has 0 unspecified atom stereocenters. The van der Waals surface area contributed by atoms with E-state index in [4.69, 9.17) is 5.26 Å². The van der Waals surface area contributed by atoms with Crippen LogP contribution in [0.5, 0.6) is 5.75 Å². The molecule has 0 saturated heterocycles. The monoisotopic (exact) mass is 465 g/mol. The van der Waals surface area contributed by atoms with E-state index in [1.807, 2.05) is 0 Å². The lowest BCUT2D eigenvalue weighted by Crippen LogP contribution is -2.28. The minimum Gasteiger partial charge on any atom is -0.376 e. The zero-order chi connectivity index (χ0) is 23.3. The van der Waals surface area contributed by atoms with Crippen LogP contribution >= 0.6 is 0 Å². The number of benzene rings is 2. The first-order chi connectivity index (χ1) is 14.3. The molecule has 8 nitrogen and oxygen atoms in total. The zero-order valence-electron chi connectivity index (χ0n) is 14.8. The fourth-order valence-electron chi connectivity index (χ4n) is 1.77. The molecule has 2 aromatic carbocycles. The van der Waals surface area contributed by atoms with E-state index in [1.54, 1.807) is 6.07 Å². The van der Waals surface area contributed by atoms with E-state index in [9.17, 15) is 34.8 Å². The van der Waals surface area contributed by atoms with Crippen LogP contribution in [-0.4, -0.2) is 19.8 Å². The molecule has 2 rings (SSSR count).